The van der Waals surface area contributed by atoms with Crippen molar-refractivity contribution < 1.29 is 4.21 Å². The number of rotatable bonds is 8. The Labute approximate surface area is 208 Å². The fourth-order valence-corrected chi connectivity index (χ4v) is 4.53. The Morgan fingerprint density at radius 1 is 0.771 bits per heavy atom. The summed E-state index contributed by atoms with van der Waals surface area (Å²) in [5.74, 6) is 2.38. The molecule has 5 aromatic rings. The number of aromatic nitrogens is 6. The van der Waals surface area contributed by atoms with E-state index in [9.17, 15) is 4.21 Å². The van der Waals surface area contributed by atoms with E-state index in [0.717, 1.165) is 27.9 Å². The molecule has 4 N–H and O–H groups in total. The molecular formula is C24H22N8OS2. The van der Waals surface area contributed by atoms with Gasteiger partial charge in [-0.05, 0) is 30.3 Å². The van der Waals surface area contributed by atoms with Crippen molar-refractivity contribution in [3.8, 4) is 45.6 Å². The maximum atomic E-state index is 11.7. The van der Waals surface area contributed by atoms with Crippen LogP contribution in [0.5, 0.6) is 0 Å². The summed E-state index contributed by atoms with van der Waals surface area (Å²) in [6, 6.07) is 23.2. The second kappa shape index (κ2) is 10.1. The zero-order valence-electron chi connectivity index (χ0n) is 18.9. The summed E-state index contributed by atoms with van der Waals surface area (Å²) in [6.07, 6.45) is 3.56. The van der Waals surface area contributed by atoms with Gasteiger partial charge in [-0.15, -0.1) is 0 Å². The van der Waals surface area contributed by atoms with Crippen LogP contribution in [-0.4, -0.2) is 47.1 Å². The van der Waals surface area contributed by atoms with Crippen LogP contribution in [0.4, 0.5) is 11.4 Å². The smallest absolute Gasteiger partial charge is 0.181 e. The molecule has 0 aliphatic rings. The van der Waals surface area contributed by atoms with Crippen LogP contribution in [0.3, 0.4) is 0 Å². The van der Waals surface area contributed by atoms with Crippen LogP contribution in [0.15, 0.2) is 72.8 Å². The number of aromatic amines is 2. The standard InChI is InChI=1S/C24H22N8OS2/c1-34-31-19-12-5-3-10-17(19)23-25-21(27-29-23)15-8-7-9-16(14-15)22-26-24(30-28-22)18-11-4-6-13-20(18)32-35(2)33/h3-14,31-32H,1-2H3,(H,25,27,29)(H,26,28,30). The van der Waals surface area contributed by atoms with E-state index in [4.69, 9.17) is 4.98 Å². The number of nitrogens with zero attached hydrogens (tertiary/aromatic N) is 4. The van der Waals surface area contributed by atoms with Crippen molar-refractivity contribution in [2.45, 2.75) is 0 Å². The third-order valence-electron chi connectivity index (χ3n) is 5.18. The molecular weight excluding hydrogens is 480 g/mol. The number of para-hydroxylation sites is 2. The number of anilines is 2. The molecule has 35 heavy (non-hydrogen) atoms. The van der Waals surface area contributed by atoms with E-state index >= 15 is 0 Å². The molecule has 5 rings (SSSR count). The molecule has 1 unspecified atom stereocenters. The molecule has 0 aliphatic carbocycles. The van der Waals surface area contributed by atoms with Crippen molar-refractivity contribution in [1.29, 1.82) is 0 Å². The molecule has 0 aliphatic heterocycles. The van der Waals surface area contributed by atoms with Crippen LogP contribution in [-0.2, 0) is 11.0 Å². The topological polar surface area (TPSA) is 124 Å². The molecule has 0 amide bonds. The first-order valence-electron chi connectivity index (χ1n) is 10.7. The largest absolute Gasteiger partial charge is 0.329 e. The zero-order valence-corrected chi connectivity index (χ0v) is 20.6. The van der Waals surface area contributed by atoms with Crippen molar-refractivity contribution in [1.82, 2.24) is 30.4 Å². The van der Waals surface area contributed by atoms with Crippen molar-refractivity contribution in [2.75, 3.05) is 22.0 Å². The van der Waals surface area contributed by atoms with Gasteiger partial charge in [0.05, 0.1) is 11.4 Å². The predicted octanol–water partition coefficient (Wildman–Crippen LogP) is 4.99. The summed E-state index contributed by atoms with van der Waals surface area (Å²) in [5, 5.41) is 14.9. The number of benzene rings is 3. The minimum Gasteiger partial charge on any atom is -0.329 e. The van der Waals surface area contributed by atoms with Gasteiger partial charge in [-0.3, -0.25) is 10.2 Å². The number of H-pyrrole nitrogens is 2. The Balaban J connectivity index is 1.44. The van der Waals surface area contributed by atoms with E-state index in [0.29, 0.717) is 29.0 Å². The fraction of sp³-hybridized carbons (Fsp3) is 0.0833. The highest BCUT2D eigenvalue weighted by atomic mass is 32.2. The lowest BCUT2D eigenvalue weighted by Gasteiger charge is -2.07. The van der Waals surface area contributed by atoms with Crippen LogP contribution in [0.1, 0.15) is 0 Å². The first-order valence-corrected chi connectivity index (χ1v) is 13.4. The summed E-state index contributed by atoms with van der Waals surface area (Å²) in [6.45, 7) is 0. The minimum atomic E-state index is -1.20. The van der Waals surface area contributed by atoms with E-state index < -0.39 is 11.0 Å². The van der Waals surface area contributed by atoms with Crippen molar-refractivity contribution in [3.05, 3.63) is 72.8 Å². The first kappa shape index (κ1) is 22.8. The molecule has 0 saturated heterocycles. The third kappa shape index (κ3) is 4.96. The molecule has 176 valence electrons. The van der Waals surface area contributed by atoms with E-state index in [-0.39, 0.29) is 0 Å². The van der Waals surface area contributed by atoms with Gasteiger partial charge in [0, 0.05) is 34.8 Å². The highest BCUT2D eigenvalue weighted by molar-refractivity contribution is 7.99. The van der Waals surface area contributed by atoms with Crippen molar-refractivity contribution >= 4 is 34.3 Å². The summed E-state index contributed by atoms with van der Waals surface area (Å²) < 4.78 is 17.9. The van der Waals surface area contributed by atoms with E-state index in [2.05, 4.69) is 34.8 Å². The van der Waals surface area contributed by atoms with Gasteiger partial charge in [0.25, 0.3) is 0 Å². The Morgan fingerprint density at radius 2 is 1.31 bits per heavy atom. The second-order valence-corrected chi connectivity index (χ2v) is 9.27. The lowest BCUT2D eigenvalue weighted by Crippen LogP contribution is -2.02. The number of hydrogen-bond acceptors (Lipinski definition) is 7. The number of hydrogen-bond donors (Lipinski definition) is 4. The second-order valence-electron chi connectivity index (χ2n) is 7.55. The Morgan fingerprint density at radius 3 is 1.89 bits per heavy atom. The van der Waals surface area contributed by atoms with Gasteiger partial charge < -0.3 is 9.44 Å². The highest BCUT2D eigenvalue weighted by Crippen LogP contribution is 2.30. The van der Waals surface area contributed by atoms with E-state index in [1.165, 1.54) is 11.9 Å². The summed E-state index contributed by atoms with van der Waals surface area (Å²) in [4.78, 5) is 9.39. The highest BCUT2D eigenvalue weighted by Gasteiger charge is 2.15. The van der Waals surface area contributed by atoms with Gasteiger partial charge in [-0.2, -0.15) is 10.2 Å². The molecule has 3 aromatic carbocycles. The van der Waals surface area contributed by atoms with Crippen LogP contribution in [0.2, 0.25) is 0 Å². The van der Waals surface area contributed by atoms with Crippen LogP contribution >= 0.6 is 11.9 Å². The monoisotopic (exact) mass is 502 g/mol. The molecule has 1 atom stereocenters. The third-order valence-corrected chi connectivity index (χ3v) is 6.11. The van der Waals surface area contributed by atoms with Crippen molar-refractivity contribution in [3.63, 3.8) is 0 Å². The van der Waals surface area contributed by atoms with Gasteiger partial charge in [-0.25, -0.2) is 14.2 Å². The van der Waals surface area contributed by atoms with Gasteiger partial charge in [0.1, 0.15) is 11.0 Å². The molecule has 2 heterocycles. The van der Waals surface area contributed by atoms with E-state index in [1.54, 1.807) is 6.26 Å². The average molecular weight is 503 g/mol. The molecule has 0 bridgehead atoms. The fourth-order valence-electron chi connectivity index (χ4n) is 3.64. The minimum absolute atomic E-state index is 0.541. The molecule has 0 fully saturated rings. The maximum absolute atomic E-state index is 11.7. The summed E-state index contributed by atoms with van der Waals surface area (Å²) in [7, 11) is -1.20. The lowest BCUT2D eigenvalue weighted by atomic mass is 10.1. The normalized spacial score (nSPS) is 11.8. The molecule has 0 radical (unpaired) electrons. The van der Waals surface area contributed by atoms with Crippen LogP contribution < -0.4 is 9.44 Å². The van der Waals surface area contributed by atoms with E-state index in [1.807, 2.05) is 79.1 Å². The van der Waals surface area contributed by atoms with Crippen LogP contribution in [0, 0.1) is 0 Å². The SMILES string of the molecule is CSNc1ccccc1-c1nc(-c2cccc(-c3n[nH]c(-c4ccccc4NS(C)=O)n3)c2)n[nH]1. The van der Waals surface area contributed by atoms with Gasteiger partial charge >= 0.3 is 0 Å². The first-order chi connectivity index (χ1) is 17.1. The predicted molar refractivity (Wildman–Crippen MR) is 143 cm³/mol. The summed E-state index contributed by atoms with van der Waals surface area (Å²) >= 11 is 1.52. The quantitative estimate of drug-likeness (QED) is 0.220. The Hall–Kier alpha value is -3.96. The number of nitrogens with one attached hydrogen (secondary N) is 4. The molecule has 0 saturated carbocycles. The van der Waals surface area contributed by atoms with Gasteiger partial charge in [0.2, 0.25) is 0 Å². The molecule has 2 aromatic heterocycles. The Bertz CT molecular complexity index is 1500. The summed E-state index contributed by atoms with van der Waals surface area (Å²) in [5.41, 5.74) is 5.07. The van der Waals surface area contributed by atoms with Crippen LogP contribution in [0.25, 0.3) is 45.6 Å². The van der Waals surface area contributed by atoms with Gasteiger partial charge in [-0.1, -0.05) is 54.4 Å². The maximum Gasteiger partial charge on any atom is 0.181 e. The van der Waals surface area contributed by atoms with Gasteiger partial charge in [0.15, 0.2) is 23.3 Å². The molecule has 11 heteroatoms. The van der Waals surface area contributed by atoms with Crippen molar-refractivity contribution in [2.24, 2.45) is 0 Å². The molecule has 0 spiro atoms. The Kier molecular flexibility index (Phi) is 6.59. The lowest BCUT2D eigenvalue weighted by molar-refractivity contribution is 0.690. The zero-order chi connectivity index (χ0) is 24.2. The molecule has 9 nitrogen and oxygen atoms in total. The average Bonchev–Trinajstić information content (AvgIpc) is 3.55.